The van der Waals surface area contributed by atoms with Gasteiger partial charge in [-0.15, -0.1) is 0 Å². The van der Waals surface area contributed by atoms with E-state index in [1.807, 2.05) is 37.3 Å². The molecular formula is C15H21N3O2S. The van der Waals surface area contributed by atoms with Crippen molar-refractivity contribution >= 4 is 20.9 Å². The Hall–Kier alpha value is -1.50. The molecule has 0 saturated carbocycles. The van der Waals surface area contributed by atoms with E-state index >= 15 is 0 Å². The third-order valence-corrected chi connectivity index (χ3v) is 5.16. The fourth-order valence-corrected chi connectivity index (χ4v) is 3.07. The van der Waals surface area contributed by atoms with Gasteiger partial charge in [0.2, 0.25) is 10.0 Å². The Labute approximate surface area is 125 Å². The van der Waals surface area contributed by atoms with E-state index in [1.54, 1.807) is 13.1 Å². The molecule has 6 heteroatoms. The number of nitrogens with one attached hydrogen (secondary N) is 2. The summed E-state index contributed by atoms with van der Waals surface area (Å²) in [5, 5.41) is 3.59. The fraction of sp³-hybridized carbons (Fsp3) is 0.400. The third-order valence-electron chi connectivity index (χ3n) is 3.39. The predicted octanol–water partition coefficient (Wildman–Crippen LogP) is 1.65. The summed E-state index contributed by atoms with van der Waals surface area (Å²) < 4.78 is 27.0. The first kappa shape index (κ1) is 15.9. The zero-order chi connectivity index (χ0) is 15.3. The smallest absolute Gasteiger partial charge is 0.215 e. The van der Waals surface area contributed by atoms with Crippen LogP contribution in [0.25, 0.3) is 10.9 Å². The maximum Gasteiger partial charge on any atom is 0.215 e. The summed E-state index contributed by atoms with van der Waals surface area (Å²) in [7, 11) is -3.34. The number of hydrogen-bond acceptors (Lipinski definition) is 4. The van der Waals surface area contributed by atoms with Crippen LogP contribution < -0.4 is 10.0 Å². The Morgan fingerprint density at radius 1 is 1.24 bits per heavy atom. The summed E-state index contributed by atoms with van der Waals surface area (Å²) in [5.74, 6) is 0. The highest BCUT2D eigenvalue weighted by atomic mass is 32.2. The number of rotatable bonds is 7. The second-order valence-electron chi connectivity index (χ2n) is 4.98. The topological polar surface area (TPSA) is 71.1 Å². The molecule has 0 bridgehead atoms. The maximum atomic E-state index is 12.2. The highest BCUT2D eigenvalue weighted by Crippen LogP contribution is 2.16. The lowest BCUT2D eigenvalue weighted by Gasteiger charge is -2.14. The predicted molar refractivity (Wildman–Crippen MR) is 85.5 cm³/mol. The SMILES string of the molecule is CCNCC(C)S(=O)(=O)NCc1cccc2cccnc12. The van der Waals surface area contributed by atoms with Gasteiger partial charge in [-0.1, -0.05) is 31.2 Å². The molecule has 0 aliphatic rings. The zero-order valence-corrected chi connectivity index (χ0v) is 13.2. The van der Waals surface area contributed by atoms with Crippen LogP contribution in [0.3, 0.4) is 0 Å². The summed E-state index contributed by atoms with van der Waals surface area (Å²) in [5.41, 5.74) is 1.72. The molecule has 1 atom stereocenters. The molecule has 2 aromatic rings. The molecule has 2 N–H and O–H groups in total. The quantitative estimate of drug-likeness (QED) is 0.816. The van der Waals surface area contributed by atoms with E-state index in [4.69, 9.17) is 0 Å². The number of aromatic nitrogens is 1. The van der Waals surface area contributed by atoms with Gasteiger partial charge in [0.15, 0.2) is 0 Å². The molecule has 0 spiro atoms. The number of fused-ring (bicyclic) bond motifs is 1. The van der Waals surface area contributed by atoms with Gasteiger partial charge in [0.05, 0.1) is 10.8 Å². The lowest BCUT2D eigenvalue weighted by atomic mass is 10.1. The number of hydrogen-bond donors (Lipinski definition) is 2. The maximum absolute atomic E-state index is 12.2. The minimum absolute atomic E-state index is 0.257. The van der Waals surface area contributed by atoms with Crippen molar-refractivity contribution in [2.75, 3.05) is 13.1 Å². The molecule has 0 amide bonds. The molecule has 1 heterocycles. The number of sulfonamides is 1. The summed E-state index contributed by atoms with van der Waals surface area (Å²) in [6, 6.07) is 9.61. The molecule has 2 rings (SSSR count). The van der Waals surface area contributed by atoms with Crippen molar-refractivity contribution in [2.24, 2.45) is 0 Å². The van der Waals surface area contributed by atoms with Crippen molar-refractivity contribution in [3.63, 3.8) is 0 Å². The third kappa shape index (κ3) is 4.00. The average Bonchev–Trinajstić information content (AvgIpc) is 2.50. The van der Waals surface area contributed by atoms with Crippen LogP contribution in [-0.4, -0.2) is 31.7 Å². The number of pyridine rings is 1. The van der Waals surface area contributed by atoms with E-state index in [1.165, 1.54) is 0 Å². The van der Waals surface area contributed by atoms with Gasteiger partial charge in [-0.3, -0.25) is 4.98 Å². The standard InChI is InChI=1S/C15H21N3O2S/c1-3-16-10-12(2)21(19,20)18-11-14-7-4-6-13-8-5-9-17-15(13)14/h4-9,12,16,18H,3,10-11H2,1-2H3. The largest absolute Gasteiger partial charge is 0.316 e. The van der Waals surface area contributed by atoms with E-state index < -0.39 is 15.3 Å². The van der Waals surface area contributed by atoms with Crippen molar-refractivity contribution in [3.05, 3.63) is 42.1 Å². The zero-order valence-electron chi connectivity index (χ0n) is 12.3. The molecule has 114 valence electrons. The highest BCUT2D eigenvalue weighted by molar-refractivity contribution is 7.90. The van der Waals surface area contributed by atoms with Gasteiger partial charge in [-0.25, -0.2) is 13.1 Å². The molecule has 0 saturated heterocycles. The van der Waals surface area contributed by atoms with Crippen LogP contribution in [0.5, 0.6) is 0 Å². The fourth-order valence-electron chi connectivity index (χ4n) is 2.09. The minimum Gasteiger partial charge on any atom is -0.316 e. The molecule has 1 aromatic carbocycles. The molecule has 21 heavy (non-hydrogen) atoms. The average molecular weight is 307 g/mol. The molecule has 0 fully saturated rings. The first-order valence-corrected chi connectivity index (χ1v) is 8.61. The number of benzene rings is 1. The van der Waals surface area contributed by atoms with E-state index in [-0.39, 0.29) is 6.54 Å². The molecule has 0 aliphatic heterocycles. The Morgan fingerprint density at radius 3 is 2.76 bits per heavy atom. The molecule has 1 unspecified atom stereocenters. The Kier molecular flexibility index (Phi) is 5.27. The van der Waals surface area contributed by atoms with Crippen molar-refractivity contribution in [1.82, 2.24) is 15.0 Å². The van der Waals surface area contributed by atoms with Crippen molar-refractivity contribution in [3.8, 4) is 0 Å². The monoisotopic (exact) mass is 307 g/mol. The molecule has 5 nitrogen and oxygen atoms in total. The summed E-state index contributed by atoms with van der Waals surface area (Å²) in [6.07, 6.45) is 1.72. The van der Waals surface area contributed by atoms with E-state index in [0.29, 0.717) is 6.54 Å². The second-order valence-corrected chi connectivity index (χ2v) is 7.16. The van der Waals surface area contributed by atoms with Gasteiger partial charge in [-0.2, -0.15) is 0 Å². The lowest BCUT2D eigenvalue weighted by molar-refractivity contribution is 0.560. The van der Waals surface area contributed by atoms with Crippen LogP contribution in [0.4, 0.5) is 0 Å². The van der Waals surface area contributed by atoms with Gasteiger partial charge >= 0.3 is 0 Å². The van der Waals surface area contributed by atoms with Crippen molar-refractivity contribution in [2.45, 2.75) is 25.6 Å². The summed E-state index contributed by atoms with van der Waals surface area (Å²) >= 11 is 0. The van der Waals surface area contributed by atoms with Crippen LogP contribution in [-0.2, 0) is 16.6 Å². The first-order valence-electron chi connectivity index (χ1n) is 7.06. The second kappa shape index (κ2) is 6.98. The van der Waals surface area contributed by atoms with Crippen LogP contribution in [0.2, 0.25) is 0 Å². The van der Waals surface area contributed by atoms with Crippen LogP contribution in [0.15, 0.2) is 36.5 Å². The van der Waals surface area contributed by atoms with Crippen molar-refractivity contribution in [1.29, 1.82) is 0 Å². The van der Waals surface area contributed by atoms with E-state index in [9.17, 15) is 8.42 Å². The molecule has 0 aliphatic carbocycles. The molecular weight excluding hydrogens is 286 g/mol. The number of para-hydroxylation sites is 1. The Morgan fingerprint density at radius 2 is 2.00 bits per heavy atom. The van der Waals surface area contributed by atoms with Crippen LogP contribution in [0, 0.1) is 0 Å². The van der Waals surface area contributed by atoms with Gasteiger partial charge in [-0.05, 0) is 25.1 Å². The Balaban J connectivity index is 2.11. The van der Waals surface area contributed by atoms with Crippen molar-refractivity contribution < 1.29 is 8.42 Å². The van der Waals surface area contributed by atoms with Gasteiger partial charge < -0.3 is 5.32 Å². The van der Waals surface area contributed by atoms with Crippen LogP contribution in [0.1, 0.15) is 19.4 Å². The Bertz CT molecular complexity index is 696. The first-order chi connectivity index (χ1) is 10.0. The summed E-state index contributed by atoms with van der Waals surface area (Å²) in [4.78, 5) is 4.33. The molecule has 0 radical (unpaired) electrons. The van der Waals surface area contributed by atoms with Crippen LogP contribution >= 0.6 is 0 Å². The van der Waals surface area contributed by atoms with Gasteiger partial charge in [0, 0.05) is 24.7 Å². The van der Waals surface area contributed by atoms with Gasteiger partial charge in [0.1, 0.15) is 0 Å². The normalized spacial score (nSPS) is 13.4. The highest BCUT2D eigenvalue weighted by Gasteiger charge is 2.19. The lowest BCUT2D eigenvalue weighted by Crippen LogP contribution is -2.38. The van der Waals surface area contributed by atoms with Gasteiger partial charge in [0.25, 0.3) is 0 Å². The molecule has 1 aromatic heterocycles. The minimum atomic E-state index is -3.34. The van der Waals surface area contributed by atoms with E-state index in [0.717, 1.165) is 23.0 Å². The summed E-state index contributed by atoms with van der Waals surface area (Å²) in [6.45, 7) is 5.11. The number of nitrogens with zero attached hydrogens (tertiary/aromatic N) is 1. The van der Waals surface area contributed by atoms with E-state index in [2.05, 4.69) is 15.0 Å².